The Hall–Kier alpha value is -4.10. The summed E-state index contributed by atoms with van der Waals surface area (Å²) in [5.41, 5.74) is 4.36. The lowest BCUT2D eigenvalue weighted by Crippen LogP contribution is -2.61. The molecule has 1 heterocycles. The summed E-state index contributed by atoms with van der Waals surface area (Å²) in [6.45, 7) is 6.12. The van der Waals surface area contributed by atoms with Crippen LogP contribution in [0, 0.1) is 0 Å². The highest BCUT2D eigenvalue weighted by Crippen LogP contribution is 2.32. The molecule has 1 saturated heterocycles. The van der Waals surface area contributed by atoms with Crippen LogP contribution in [0.5, 0.6) is 0 Å². The van der Waals surface area contributed by atoms with E-state index in [0.717, 1.165) is 22.3 Å². The zero-order valence-corrected chi connectivity index (χ0v) is 26.2. The summed E-state index contributed by atoms with van der Waals surface area (Å²) in [6, 6.07) is 45.4. The highest BCUT2D eigenvalue weighted by atomic mass is 16.6. The standard InChI is InChI=1S/C41H42O5/c1-2-14-37-39(43-27-32-17-8-4-9-18-32)41(45-29-34-23-24-35-21-12-13-22-36(35)25-34)40(44-28-33-19-10-5-11-20-33)38(46-37)30-42-26-31-15-6-3-7-16-31/h2-13,15-25,37-41H,1,14,26-30H2/t37-,38?,39?,40-,41?/m1/s1. The van der Waals surface area contributed by atoms with Gasteiger partial charge in [0.2, 0.25) is 0 Å². The Morgan fingerprint density at radius 3 is 1.61 bits per heavy atom. The number of hydrogen-bond donors (Lipinski definition) is 0. The highest BCUT2D eigenvalue weighted by molar-refractivity contribution is 5.82. The molecule has 5 atom stereocenters. The normalized spacial score (nSPS) is 21.3. The first-order chi connectivity index (χ1) is 22.8. The second-order valence-electron chi connectivity index (χ2n) is 11.7. The van der Waals surface area contributed by atoms with E-state index in [1.54, 1.807) is 0 Å². The average Bonchev–Trinajstić information content (AvgIpc) is 3.11. The Labute approximate surface area is 272 Å². The second kappa shape index (κ2) is 16.5. The third-order valence-electron chi connectivity index (χ3n) is 8.35. The first kappa shape index (κ1) is 31.9. The third kappa shape index (κ3) is 8.58. The Balaban J connectivity index is 1.28. The van der Waals surface area contributed by atoms with E-state index in [0.29, 0.717) is 39.5 Å². The molecule has 0 spiro atoms. The number of rotatable bonds is 15. The van der Waals surface area contributed by atoms with Crippen molar-refractivity contribution in [2.75, 3.05) is 6.61 Å². The highest BCUT2D eigenvalue weighted by Gasteiger charge is 2.48. The summed E-state index contributed by atoms with van der Waals surface area (Å²) in [6.07, 6.45) is 0.554. The van der Waals surface area contributed by atoms with Gasteiger partial charge in [0.1, 0.15) is 24.4 Å². The molecule has 0 saturated carbocycles. The van der Waals surface area contributed by atoms with Crippen LogP contribution in [0.2, 0.25) is 0 Å². The van der Waals surface area contributed by atoms with Crippen molar-refractivity contribution in [3.05, 3.63) is 168 Å². The first-order valence-corrected chi connectivity index (χ1v) is 16.0. The summed E-state index contributed by atoms with van der Waals surface area (Å²) in [4.78, 5) is 0. The van der Waals surface area contributed by atoms with Gasteiger partial charge in [-0.2, -0.15) is 0 Å². The number of hydrogen-bond acceptors (Lipinski definition) is 5. The van der Waals surface area contributed by atoms with Crippen LogP contribution in [-0.4, -0.2) is 37.1 Å². The van der Waals surface area contributed by atoms with Gasteiger partial charge in [-0.25, -0.2) is 0 Å². The molecule has 0 bridgehead atoms. The summed E-state index contributed by atoms with van der Waals surface area (Å²) in [7, 11) is 0. The van der Waals surface area contributed by atoms with Crippen molar-refractivity contribution in [1.82, 2.24) is 0 Å². The van der Waals surface area contributed by atoms with Crippen molar-refractivity contribution in [3.63, 3.8) is 0 Å². The van der Waals surface area contributed by atoms with Gasteiger partial charge in [0.05, 0.1) is 39.1 Å². The fourth-order valence-electron chi connectivity index (χ4n) is 5.99. The number of ether oxygens (including phenoxy) is 5. The second-order valence-corrected chi connectivity index (χ2v) is 11.7. The van der Waals surface area contributed by atoms with E-state index in [2.05, 4.69) is 85.4 Å². The molecule has 0 aromatic heterocycles. The molecule has 46 heavy (non-hydrogen) atoms. The smallest absolute Gasteiger partial charge is 0.115 e. The minimum atomic E-state index is -0.446. The van der Waals surface area contributed by atoms with E-state index in [-0.39, 0.29) is 12.2 Å². The van der Waals surface area contributed by atoms with E-state index >= 15 is 0 Å². The lowest BCUT2D eigenvalue weighted by molar-refractivity contribution is -0.271. The van der Waals surface area contributed by atoms with E-state index < -0.39 is 18.3 Å². The van der Waals surface area contributed by atoms with E-state index in [9.17, 15) is 0 Å². The van der Waals surface area contributed by atoms with Crippen LogP contribution in [-0.2, 0) is 50.1 Å². The van der Waals surface area contributed by atoms with Gasteiger partial charge in [-0.1, -0.05) is 133 Å². The van der Waals surface area contributed by atoms with Gasteiger partial charge in [-0.05, 0) is 45.5 Å². The monoisotopic (exact) mass is 614 g/mol. The Kier molecular flexibility index (Phi) is 11.4. The SMILES string of the molecule is C=CC[C@H]1OC(COCc2ccccc2)[C@@H](OCc2ccccc2)C(OCc2ccc3ccccc3c2)C1OCc1ccccc1. The minimum Gasteiger partial charge on any atom is -0.374 e. The van der Waals surface area contributed by atoms with E-state index in [1.807, 2.05) is 60.7 Å². The van der Waals surface area contributed by atoms with Crippen LogP contribution in [0.3, 0.4) is 0 Å². The fraction of sp³-hybridized carbons (Fsp3) is 0.268. The zero-order valence-electron chi connectivity index (χ0n) is 26.2. The Morgan fingerprint density at radius 2 is 1.00 bits per heavy atom. The maximum absolute atomic E-state index is 6.87. The van der Waals surface area contributed by atoms with Crippen LogP contribution >= 0.6 is 0 Å². The van der Waals surface area contributed by atoms with Crippen molar-refractivity contribution >= 4 is 10.8 Å². The van der Waals surface area contributed by atoms with E-state index in [1.165, 1.54) is 10.8 Å². The molecule has 1 aliphatic heterocycles. The lowest BCUT2D eigenvalue weighted by atomic mass is 9.92. The molecule has 3 unspecified atom stereocenters. The molecule has 0 amide bonds. The number of fused-ring (bicyclic) bond motifs is 1. The van der Waals surface area contributed by atoms with Crippen LogP contribution < -0.4 is 0 Å². The van der Waals surface area contributed by atoms with Gasteiger partial charge >= 0.3 is 0 Å². The molecule has 0 N–H and O–H groups in total. The molecule has 5 heteroatoms. The van der Waals surface area contributed by atoms with Crippen molar-refractivity contribution < 1.29 is 23.7 Å². The molecular formula is C41H42O5. The summed E-state index contributed by atoms with van der Waals surface area (Å²) >= 11 is 0. The first-order valence-electron chi connectivity index (χ1n) is 16.0. The Bertz CT molecular complexity index is 1620. The van der Waals surface area contributed by atoms with Gasteiger partial charge in [0.15, 0.2) is 0 Å². The molecule has 236 valence electrons. The van der Waals surface area contributed by atoms with Gasteiger partial charge in [-0.15, -0.1) is 6.58 Å². The molecule has 1 fully saturated rings. The maximum Gasteiger partial charge on any atom is 0.115 e. The van der Waals surface area contributed by atoms with E-state index in [4.69, 9.17) is 23.7 Å². The molecule has 1 aliphatic rings. The largest absolute Gasteiger partial charge is 0.374 e. The molecule has 0 radical (unpaired) electrons. The van der Waals surface area contributed by atoms with Crippen LogP contribution in [0.1, 0.15) is 28.7 Å². The van der Waals surface area contributed by atoms with Gasteiger partial charge in [0, 0.05) is 0 Å². The zero-order chi connectivity index (χ0) is 31.4. The van der Waals surface area contributed by atoms with Crippen LogP contribution in [0.25, 0.3) is 10.8 Å². The van der Waals surface area contributed by atoms with Gasteiger partial charge < -0.3 is 23.7 Å². The molecule has 0 aliphatic carbocycles. The predicted octanol–water partition coefficient (Wildman–Crippen LogP) is 8.46. The number of benzene rings is 5. The Morgan fingerprint density at radius 1 is 0.500 bits per heavy atom. The molecular weight excluding hydrogens is 572 g/mol. The quantitative estimate of drug-likeness (QED) is 0.111. The lowest BCUT2D eigenvalue weighted by Gasteiger charge is -2.46. The average molecular weight is 615 g/mol. The summed E-state index contributed by atoms with van der Waals surface area (Å²) < 4.78 is 33.3. The topological polar surface area (TPSA) is 46.2 Å². The predicted molar refractivity (Wildman–Crippen MR) is 182 cm³/mol. The van der Waals surface area contributed by atoms with Crippen LogP contribution in [0.4, 0.5) is 0 Å². The van der Waals surface area contributed by atoms with Crippen LogP contribution in [0.15, 0.2) is 146 Å². The molecule has 5 nitrogen and oxygen atoms in total. The van der Waals surface area contributed by atoms with Crippen molar-refractivity contribution in [3.8, 4) is 0 Å². The summed E-state index contributed by atoms with van der Waals surface area (Å²) in [5, 5.41) is 2.38. The summed E-state index contributed by atoms with van der Waals surface area (Å²) in [5.74, 6) is 0. The minimum absolute atomic E-state index is 0.287. The van der Waals surface area contributed by atoms with Gasteiger partial charge in [0.25, 0.3) is 0 Å². The third-order valence-corrected chi connectivity index (χ3v) is 8.35. The molecule has 5 aromatic carbocycles. The van der Waals surface area contributed by atoms with Crippen molar-refractivity contribution in [2.45, 2.75) is 63.4 Å². The fourth-order valence-corrected chi connectivity index (χ4v) is 5.99. The molecule has 6 rings (SSSR count). The van der Waals surface area contributed by atoms with Gasteiger partial charge in [-0.3, -0.25) is 0 Å². The van der Waals surface area contributed by atoms with Crippen molar-refractivity contribution in [2.24, 2.45) is 0 Å². The maximum atomic E-state index is 6.87. The van der Waals surface area contributed by atoms with Crippen molar-refractivity contribution in [1.29, 1.82) is 0 Å². The molecule has 5 aromatic rings.